The Morgan fingerprint density at radius 2 is 1.90 bits per heavy atom. The third-order valence-electron chi connectivity index (χ3n) is 5.93. The highest BCUT2D eigenvalue weighted by Crippen LogP contribution is 2.46. The number of aromatic nitrogens is 1. The third-order valence-corrected chi connectivity index (χ3v) is 5.93. The van der Waals surface area contributed by atoms with Crippen LogP contribution in [-0.2, 0) is 27.5 Å². The fraction of sp³-hybridized carbons (Fsp3) is 0.364. The third kappa shape index (κ3) is 2.72. The van der Waals surface area contributed by atoms with Gasteiger partial charge >= 0.3 is 5.97 Å². The second-order valence-electron chi connectivity index (χ2n) is 7.51. The Bertz CT molecular complexity index is 1050. The Kier molecular flexibility index (Phi) is 4.41. The fourth-order valence-electron chi connectivity index (χ4n) is 4.52. The van der Waals surface area contributed by atoms with Crippen LogP contribution in [0, 0.1) is 12.3 Å². The molecule has 4 rings (SSSR count). The number of hydrogen-bond donors (Lipinski definition) is 1. The first-order chi connectivity index (χ1) is 13.8. The molecule has 0 aromatic carbocycles. The molecule has 0 saturated heterocycles. The van der Waals surface area contributed by atoms with Crippen LogP contribution in [-0.4, -0.2) is 34.4 Å². The molecule has 1 aromatic rings. The summed E-state index contributed by atoms with van der Waals surface area (Å²) in [6.07, 6.45) is 6.90. The van der Waals surface area contributed by atoms with E-state index in [0.29, 0.717) is 47.6 Å². The lowest BCUT2D eigenvalue weighted by molar-refractivity contribution is -0.142. The van der Waals surface area contributed by atoms with Gasteiger partial charge in [-0.1, -0.05) is 12.2 Å². The summed E-state index contributed by atoms with van der Waals surface area (Å²) < 4.78 is 6.99. The first-order valence-electron chi connectivity index (χ1n) is 9.66. The standard InChI is InChI=1S/C22H22N2O5/c1-4-24-12(2)15(11-29-13(3)25)16-19(24)21(28)18-17(20(16)27)22(9-10-23-18)7-5-14(26)6-8-22/h5-8,23H,4,9-11H2,1-3H3. The van der Waals surface area contributed by atoms with Crippen molar-refractivity contribution in [1.82, 2.24) is 9.88 Å². The molecule has 0 fully saturated rings. The summed E-state index contributed by atoms with van der Waals surface area (Å²) in [5.74, 6) is -1.10. The van der Waals surface area contributed by atoms with E-state index in [0.717, 1.165) is 5.69 Å². The van der Waals surface area contributed by atoms with Gasteiger partial charge < -0.3 is 14.6 Å². The summed E-state index contributed by atoms with van der Waals surface area (Å²) >= 11 is 0. The highest BCUT2D eigenvalue weighted by molar-refractivity contribution is 6.28. The smallest absolute Gasteiger partial charge is 0.302 e. The number of hydrogen-bond acceptors (Lipinski definition) is 6. The minimum absolute atomic E-state index is 0.0667. The summed E-state index contributed by atoms with van der Waals surface area (Å²) in [4.78, 5) is 50.2. The average molecular weight is 394 g/mol. The van der Waals surface area contributed by atoms with Crippen LogP contribution >= 0.6 is 0 Å². The van der Waals surface area contributed by atoms with Crippen LogP contribution in [0.2, 0.25) is 0 Å². The molecule has 150 valence electrons. The van der Waals surface area contributed by atoms with Gasteiger partial charge in [0.15, 0.2) is 11.6 Å². The fourth-order valence-corrected chi connectivity index (χ4v) is 4.52. The van der Waals surface area contributed by atoms with E-state index in [1.807, 2.05) is 13.8 Å². The Morgan fingerprint density at radius 1 is 1.21 bits per heavy atom. The van der Waals surface area contributed by atoms with Crippen molar-refractivity contribution in [2.24, 2.45) is 5.41 Å². The molecule has 0 radical (unpaired) electrons. The molecule has 0 amide bonds. The average Bonchev–Trinajstić information content (AvgIpc) is 2.98. The summed E-state index contributed by atoms with van der Waals surface area (Å²) in [6.45, 7) is 5.99. The molecule has 3 aliphatic rings. The van der Waals surface area contributed by atoms with Gasteiger partial charge in [0.1, 0.15) is 12.3 Å². The van der Waals surface area contributed by atoms with Crippen molar-refractivity contribution in [3.8, 4) is 0 Å². The maximum atomic E-state index is 13.7. The minimum Gasteiger partial charge on any atom is -0.461 e. The normalized spacial score (nSPS) is 19.3. The topological polar surface area (TPSA) is 94.5 Å². The number of carbonyl (C=O) groups is 4. The molecule has 0 atom stereocenters. The Morgan fingerprint density at radius 3 is 2.52 bits per heavy atom. The molecule has 1 aromatic heterocycles. The van der Waals surface area contributed by atoms with E-state index in [4.69, 9.17) is 4.74 Å². The molecule has 2 heterocycles. The number of allylic oxidation sites excluding steroid dienone is 6. The van der Waals surface area contributed by atoms with E-state index in [-0.39, 0.29) is 24.0 Å². The predicted octanol–water partition coefficient (Wildman–Crippen LogP) is 2.19. The number of carbonyl (C=O) groups excluding carboxylic acids is 4. The number of nitrogens with one attached hydrogen (secondary N) is 1. The lowest BCUT2D eigenvalue weighted by Crippen LogP contribution is -2.44. The number of esters is 1. The zero-order valence-corrected chi connectivity index (χ0v) is 16.6. The van der Waals surface area contributed by atoms with Gasteiger partial charge in [0.25, 0.3) is 0 Å². The molecular formula is C22H22N2O5. The molecule has 7 heteroatoms. The number of Topliss-reactive ketones (excluding diaryl/α,β-unsaturated/α-hetero) is 2. The molecular weight excluding hydrogens is 372 g/mol. The maximum Gasteiger partial charge on any atom is 0.302 e. The van der Waals surface area contributed by atoms with Gasteiger partial charge in [-0.25, -0.2) is 0 Å². The molecule has 7 nitrogen and oxygen atoms in total. The van der Waals surface area contributed by atoms with Gasteiger partial charge in [0.05, 0.1) is 11.3 Å². The molecule has 1 spiro atoms. The minimum atomic E-state index is -0.792. The lowest BCUT2D eigenvalue weighted by atomic mass is 9.67. The summed E-state index contributed by atoms with van der Waals surface area (Å²) in [6, 6.07) is 0. The number of fused-ring (bicyclic) bond motifs is 2. The van der Waals surface area contributed by atoms with Gasteiger partial charge in [-0.05, 0) is 32.4 Å². The van der Waals surface area contributed by atoms with Gasteiger partial charge in [-0.2, -0.15) is 0 Å². The van der Waals surface area contributed by atoms with Gasteiger partial charge in [0, 0.05) is 42.3 Å². The van der Waals surface area contributed by atoms with E-state index in [1.54, 1.807) is 16.7 Å². The molecule has 29 heavy (non-hydrogen) atoms. The van der Waals surface area contributed by atoms with Crippen LogP contribution < -0.4 is 5.32 Å². The van der Waals surface area contributed by atoms with Crippen LogP contribution in [0.1, 0.15) is 52.4 Å². The number of ketones is 3. The quantitative estimate of drug-likeness (QED) is 0.790. The predicted molar refractivity (Wildman–Crippen MR) is 104 cm³/mol. The zero-order valence-electron chi connectivity index (χ0n) is 16.6. The lowest BCUT2D eigenvalue weighted by Gasteiger charge is -2.39. The van der Waals surface area contributed by atoms with Crippen molar-refractivity contribution in [2.45, 2.75) is 40.3 Å². The van der Waals surface area contributed by atoms with Crippen LogP contribution in [0.15, 0.2) is 35.6 Å². The number of rotatable bonds is 3. The highest BCUT2D eigenvalue weighted by atomic mass is 16.5. The van der Waals surface area contributed by atoms with Crippen molar-refractivity contribution in [3.63, 3.8) is 0 Å². The highest BCUT2D eigenvalue weighted by Gasteiger charge is 2.48. The summed E-state index contributed by atoms with van der Waals surface area (Å²) in [7, 11) is 0. The molecule has 0 unspecified atom stereocenters. The first kappa shape index (κ1) is 19.1. The van der Waals surface area contributed by atoms with Crippen LogP contribution in [0.3, 0.4) is 0 Å². The van der Waals surface area contributed by atoms with E-state index in [1.165, 1.54) is 19.1 Å². The summed E-state index contributed by atoms with van der Waals surface area (Å²) in [5, 5.41) is 3.11. The van der Waals surface area contributed by atoms with Gasteiger partial charge in [-0.3, -0.25) is 19.2 Å². The van der Waals surface area contributed by atoms with E-state index >= 15 is 0 Å². The number of nitrogens with zero attached hydrogens (tertiary/aromatic N) is 1. The van der Waals surface area contributed by atoms with Crippen molar-refractivity contribution >= 4 is 23.3 Å². The van der Waals surface area contributed by atoms with Gasteiger partial charge in [-0.15, -0.1) is 0 Å². The van der Waals surface area contributed by atoms with Crippen LogP contribution in [0.25, 0.3) is 0 Å². The number of ether oxygens (including phenoxy) is 1. The van der Waals surface area contributed by atoms with Gasteiger partial charge in [0.2, 0.25) is 5.78 Å². The van der Waals surface area contributed by atoms with Crippen molar-refractivity contribution in [2.75, 3.05) is 6.54 Å². The first-order valence-corrected chi connectivity index (χ1v) is 9.66. The molecule has 1 aliphatic heterocycles. The maximum absolute atomic E-state index is 13.7. The molecule has 0 saturated carbocycles. The second kappa shape index (κ2) is 6.69. The van der Waals surface area contributed by atoms with Crippen LogP contribution in [0.4, 0.5) is 0 Å². The second-order valence-corrected chi connectivity index (χ2v) is 7.51. The molecule has 1 N–H and O–H groups in total. The van der Waals surface area contributed by atoms with Crippen LogP contribution in [0.5, 0.6) is 0 Å². The molecule has 0 bridgehead atoms. The Balaban J connectivity index is 1.93. The van der Waals surface area contributed by atoms with E-state index in [2.05, 4.69) is 5.32 Å². The largest absolute Gasteiger partial charge is 0.461 e. The molecule has 2 aliphatic carbocycles. The van der Waals surface area contributed by atoms with Crippen molar-refractivity contribution in [3.05, 3.63) is 58.1 Å². The SMILES string of the molecule is CCn1c(C)c(COC(C)=O)c2c1C(=O)C1=C(C2=O)C2(C=CC(=O)C=C2)CCN1. The Labute approximate surface area is 168 Å². The Hall–Kier alpha value is -3.22. The van der Waals surface area contributed by atoms with Crippen molar-refractivity contribution in [1.29, 1.82) is 0 Å². The van der Waals surface area contributed by atoms with E-state index < -0.39 is 11.4 Å². The van der Waals surface area contributed by atoms with Crippen molar-refractivity contribution < 1.29 is 23.9 Å². The summed E-state index contributed by atoms with van der Waals surface area (Å²) in [5.41, 5.74) is 1.79. The monoisotopic (exact) mass is 394 g/mol. The zero-order chi connectivity index (χ0) is 20.9. The van der Waals surface area contributed by atoms with E-state index in [9.17, 15) is 19.2 Å².